The van der Waals surface area contributed by atoms with Gasteiger partial charge in [-0.2, -0.15) is 0 Å². The van der Waals surface area contributed by atoms with Crippen LogP contribution in [0.4, 0.5) is 8.78 Å². The Labute approximate surface area is 197 Å². The van der Waals surface area contributed by atoms with Gasteiger partial charge in [-0.05, 0) is 73.7 Å². The van der Waals surface area contributed by atoms with Gasteiger partial charge in [-0.25, -0.2) is 8.78 Å². The Morgan fingerprint density at radius 1 is 1.18 bits per heavy atom. The molecule has 0 aromatic heterocycles. The number of aliphatic hydroxyl groups is 2. The normalized spacial score (nSPS) is 38.0. The van der Waals surface area contributed by atoms with Crippen molar-refractivity contribution in [3.8, 4) is 0 Å². The van der Waals surface area contributed by atoms with Gasteiger partial charge in [0.15, 0.2) is 0 Å². The third kappa shape index (κ3) is 5.44. The summed E-state index contributed by atoms with van der Waals surface area (Å²) in [5.41, 5.74) is 3.47. The van der Waals surface area contributed by atoms with E-state index in [9.17, 15) is 19.0 Å². The molecule has 6 heteroatoms. The van der Waals surface area contributed by atoms with Gasteiger partial charge < -0.3 is 14.9 Å². The highest BCUT2D eigenvalue weighted by atomic mass is 19.3. The van der Waals surface area contributed by atoms with Crippen molar-refractivity contribution in [2.45, 2.75) is 83.5 Å². The molecule has 0 spiro atoms. The fourth-order valence-corrected chi connectivity index (χ4v) is 7.16. The predicted octanol–water partition coefficient (Wildman–Crippen LogP) is 4.73. The molecule has 1 heterocycles. The first-order chi connectivity index (χ1) is 15.7. The summed E-state index contributed by atoms with van der Waals surface area (Å²) in [6.45, 7) is 10.8. The highest BCUT2D eigenvalue weighted by Crippen LogP contribution is 2.59. The zero-order chi connectivity index (χ0) is 23.8. The van der Waals surface area contributed by atoms with E-state index >= 15 is 0 Å². The first-order valence-electron chi connectivity index (χ1n) is 12.7. The minimum Gasteiger partial charge on any atom is -0.388 e. The van der Waals surface area contributed by atoms with Gasteiger partial charge in [-0.15, -0.1) is 0 Å². The lowest BCUT2D eigenvalue weighted by atomic mass is 9.61. The molecule has 4 aliphatic rings. The monoisotopic (exact) mass is 465 g/mol. The number of ether oxygens (including phenoxy) is 1. The molecule has 6 atom stereocenters. The molecule has 2 N–H and O–H groups in total. The van der Waals surface area contributed by atoms with Crippen LogP contribution in [0.3, 0.4) is 0 Å². The molecule has 4 fully saturated rings. The lowest BCUT2D eigenvalue weighted by Crippen LogP contribution is -2.54. The average molecular weight is 466 g/mol. The summed E-state index contributed by atoms with van der Waals surface area (Å²) in [4.78, 5) is 2.36. The molecule has 1 saturated heterocycles. The van der Waals surface area contributed by atoms with Crippen LogP contribution in [0.5, 0.6) is 0 Å². The molecule has 0 amide bonds. The molecule has 0 aromatic rings. The standard InChI is InChI=1S/C27H41F2NO3/c1-17(13-30-14-21(15-30)33-16-26(28)29)22-8-9-23-20(5-4-10-27(22,23)3)7-6-19-11-24(31)18(2)25(32)12-19/h6-7,17,21-26,31-32H,2,4-5,8-16H2,1,3H3/b20-7+/t17?,22-,23+,24-,25-,27-/m1/s1. The van der Waals surface area contributed by atoms with Gasteiger partial charge in [0.1, 0.15) is 6.61 Å². The first kappa shape index (κ1) is 25.0. The minimum atomic E-state index is -2.38. The van der Waals surface area contributed by atoms with E-state index in [4.69, 9.17) is 4.74 Å². The number of nitrogens with zero attached hydrogens (tertiary/aromatic N) is 1. The second-order valence-corrected chi connectivity index (χ2v) is 11.2. The van der Waals surface area contributed by atoms with Crippen molar-refractivity contribution in [3.05, 3.63) is 35.5 Å². The first-order valence-corrected chi connectivity index (χ1v) is 12.7. The lowest BCUT2D eigenvalue weighted by molar-refractivity contribution is -0.0942. The Morgan fingerprint density at radius 2 is 1.88 bits per heavy atom. The molecule has 0 aromatic carbocycles. The molecule has 0 bridgehead atoms. The van der Waals surface area contributed by atoms with Crippen LogP contribution < -0.4 is 0 Å². The van der Waals surface area contributed by atoms with Crippen molar-refractivity contribution in [2.24, 2.45) is 23.2 Å². The van der Waals surface area contributed by atoms with Crippen LogP contribution in [0.2, 0.25) is 0 Å². The highest BCUT2D eigenvalue weighted by Gasteiger charge is 2.51. The van der Waals surface area contributed by atoms with E-state index in [1.54, 1.807) is 0 Å². The van der Waals surface area contributed by atoms with Gasteiger partial charge in [0.25, 0.3) is 6.43 Å². The van der Waals surface area contributed by atoms with E-state index < -0.39 is 25.2 Å². The van der Waals surface area contributed by atoms with E-state index in [-0.39, 0.29) is 6.10 Å². The summed E-state index contributed by atoms with van der Waals surface area (Å²) in [5, 5.41) is 20.3. The Bertz CT molecular complexity index is 759. The Morgan fingerprint density at radius 3 is 2.55 bits per heavy atom. The highest BCUT2D eigenvalue weighted by molar-refractivity contribution is 5.29. The summed E-state index contributed by atoms with van der Waals surface area (Å²) in [5.74, 6) is 1.84. The van der Waals surface area contributed by atoms with Gasteiger partial charge in [-0.3, -0.25) is 4.90 Å². The molecular formula is C27H41F2NO3. The van der Waals surface area contributed by atoms with E-state index in [0.717, 1.165) is 31.6 Å². The molecule has 3 saturated carbocycles. The Kier molecular flexibility index (Phi) is 7.79. The number of hydrogen-bond acceptors (Lipinski definition) is 4. The Balaban J connectivity index is 1.35. The largest absolute Gasteiger partial charge is 0.388 e. The molecule has 4 rings (SSSR count). The minimum absolute atomic E-state index is 0.0376. The van der Waals surface area contributed by atoms with E-state index in [2.05, 4.69) is 37.5 Å². The fraction of sp³-hybridized carbons (Fsp3) is 0.778. The summed E-state index contributed by atoms with van der Waals surface area (Å²) >= 11 is 0. The van der Waals surface area contributed by atoms with Crippen LogP contribution in [-0.4, -0.2) is 66.1 Å². The number of halogens is 2. The van der Waals surface area contributed by atoms with Crippen LogP contribution in [0, 0.1) is 23.2 Å². The third-order valence-electron chi connectivity index (χ3n) is 8.95. The number of fused-ring (bicyclic) bond motifs is 1. The zero-order valence-electron chi connectivity index (χ0n) is 20.2. The number of hydrogen-bond donors (Lipinski definition) is 2. The summed E-state index contributed by atoms with van der Waals surface area (Å²) in [7, 11) is 0. The molecule has 1 unspecified atom stereocenters. The maximum Gasteiger partial charge on any atom is 0.261 e. The zero-order valence-corrected chi connectivity index (χ0v) is 20.2. The summed E-state index contributed by atoms with van der Waals surface area (Å²) in [6.07, 6.45) is 7.94. The molecule has 186 valence electrons. The molecule has 1 aliphatic heterocycles. The molecule has 4 nitrogen and oxygen atoms in total. The number of allylic oxidation sites excluding steroid dienone is 3. The quantitative estimate of drug-likeness (QED) is 0.534. The van der Waals surface area contributed by atoms with Crippen molar-refractivity contribution in [3.63, 3.8) is 0 Å². The Hall–Kier alpha value is -1.08. The van der Waals surface area contributed by atoms with Gasteiger partial charge in [0.05, 0.1) is 18.3 Å². The van der Waals surface area contributed by atoms with Crippen LogP contribution >= 0.6 is 0 Å². The van der Waals surface area contributed by atoms with Crippen molar-refractivity contribution in [1.29, 1.82) is 0 Å². The van der Waals surface area contributed by atoms with Crippen LogP contribution in [0.15, 0.2) is 35.5 Å². The molecular weight excluding hydrogens is 424 g/mol. The number of aliphatic hydroxyl groups excluding tert-OH is 2. The molecule has 33 heavy (non-hydrogen) atoms. The second kappa shape index (κ2) is 10.3. The number of alkyl halides is 2. The van der Waals surface area contributed by atoms with Gasteiger partial charge in [0.2, 0.25) is 0 Å². The van der Waals surface area contributed by atoms with Crippen LogP contribution in [0.25, 0.3) is 0 Å². The van der Waals surface area contributed by atoms with E-state index in [1.807, 2.05) is 0 Å². The summed E-state index contributed by atoms with van der Waals surface area (Å²) in [6, 6.07) is 0. The van der Waals surface area contributed by atoms with E-state index in [0.29, 0.717) is 41.6 Å². The van der Waals surface area contributed by atoms with Crippen molar-refractivity contribution in [1.82, 2.24) is 4.90 Å². The fourth-order valence-electron chi connectivity index (χ4n) is 7.16. The van der Waals surface area contributed by atoms with Crippen molar-refractivity contribution >= 4 is 0 Å². The average Bonchev–Trinajstić information content (AvgIpc) is 3.09. The van der Waals surface area contributed by atoms with Gasteiger partial charge in [0, 0.05) is 19.6 Å². The second-order valence-electron chi connectivity index (χ2n) is 11.2. The number of likely N-dealkylation sites (tertiary alicyclic amines) is 1. The van der Waals surface area contributed by atoms with Crippen LogP contribution in [-0.2, 0) is 4.74 Å². The molecule has 0 radical (unpaired) electrons. The van der Waals surface area contributed by atoms with Crippen molar-refractivity contribution < 1.29 is 23.7 Å². The predicted molar refractivity (Wildman–Crippen MR) is 126 cm³/mol. The van der Waals surface area contributed by atoms with Crippen molar-refractivity contribution in [2.75, 3.05) is 26.2 Å². The topological polar surface area (TPSA) is 52.9 Å². The maximum atomic E-state index is 12.3. The lowest BCUT2D eigenvalue weighted by Gasteiger charge is -2.47. The molecule has 3 aliphatic carbocycles. The SMILES string of the molecule is C=C1[C@H](O)CC(=C/C=C2\CCC[C@]3(C)[C@@H](C(C)CN4CC(OCC(F)F)C4)CC[C@@H]23)C[C@H]1O. The van der Waals surface area contributed by atoms with Gasteiger partial charge >= 0.3 is 0 Å². The van der Waals surface area contributed by atoms with Gasteiger partial charge in [-0.1, -0.05) is 43.7 Å². The maximum absolute atomic E-state index is 12.3. The smallest absolute Gasteiger partial charge is 0.261 e. The number of rotatable bonds is 7. The third-order valence-corrected chi connectivity index (χ3v) is 8.95. The van der Waals surface area contributed by atoms with Crippen LogP contribution in [0.1, 0.15) is 58.8 Å². The van der Waals surface area contributed by atoms with E-state index in [1.165, 1.54) is 31.3 Å². The summed E-state index contributed by atoms with van der Waals surface area (Å²) < 4.78 is 29.9.